The molecule has 3 rings (SSSR count). The minimum Gasteiger partial charge on any atom is -0.457 e. The number of nitrogens with one attached hydrogen (secondary N) is 1. The average molecular weight is 411 g/mol. The highest BCUT2D eigenvalue weighted by Crippen LogP contribution is 2.40. The first-order chi connectivity index (χ1) is 14.5. The second kappa shape index (κ2) is 10.9. The lowest BCUT2D eigenvalue weighted by Gasteiger charge is -2.26. The van der Waals surface area contributed by atoms with Crippen LogP contribution in [0.15, 0.2) is 48.5 Å². The van der Waals surface area contributed by atoms with Crippen LogP contribution in [0, 0.1) is 5.92 Å². The van der Waals surface area contributed by atoms with Crippen LogP contribution in [0.3, 0.4) is 0 Å². The molecular formula is C26H38N2O2. The van der Waals surface area contributed by atoms with Gasteiger partial charge in [0, 0.05) is 6.04 Å². The van der Waals surface area contributed by atoms with Gasteiger partial charge in [0.2, 0.25) is 0 Å². The minimum absolute atomic E-state index is 0.112. The molecule has 0 heterocycles. The number of ether oxygens (including phenoxy) is 1. The van der Waals surface area contributed by atoms with Gasteiger partial charge in [-0.2, -0.15) is 0 Å². The molecule has 4 heteroatoms. The fourth-order valence-electron chi connectivity index (χ4n) is 3.92. The Hall–Kier alpha value is -1.88. The van der Waals surface area contributed by atoms with Crippen molar-refractivity contribution in [1.82, 2.24) is 5.32 Å². The van der Waals surface area contributed by atoms with Crippen LogP contribution in [0.25, 0.3) is 0 Å². The zero-order valence-electron chi connectivity index (χ0n) is 18.6. The molecule has 2 aromatic rings. The summed E-state index contributed by atoms with van der Waals surface area (Å²) in [7, 11) is 0. The van der Waals surface area contributed by atoms with Gasteiger partial charge in [0.05, 0.1) is 5.60 Å². The van der Waals surface area contributed by atoms with Crippen molar-refractivity contribution in [3.05, 3.63) is 59.7 Å². The van der Waals surface area contributed by atoms with Gasteiger partial charge in [-0.1, -0.05) is 51.0 Å². The van der Waals surface area contributed by atoms with Crippen molar-refractivity contribution in [2.24, 2.45) is 11.7 Å². The maximum Gasteiger partial charge on any atom is 0.127 e. The first kappa shape index (κ1) is 22.8. The largest absolute Gasteiger partial charge is 0.457 e. The SMILES string of the molecule is CCCC[C@H](C)CNC(Cc1ccc(Oc2cccc(CCN)c2)cc1)C1(O)CC1. The van der Waals surface area contributed by atoms with E-state index in [4.69, 9.17) is 10.5 Å². The van der Waals surface area contributed by atoms with Gasteiger partial charge in [0.1, 0.15) is 11.5 Å². The lowest BCUT2D eigenvalue weighted by molar-refractivity contribution is 0.0997. The molecule has 0 saturated heterocycles. The van der Waals surface area contributed by atoms with E-state index in [1.807, 2.05) is 30.3 Å². The van der Waals surface area contributed by atoms with E-state index in [-0.39, 0.29) is 6.04 Å². The summed E-state index contributed by atoms with van der Waals surface area (Å²) in [5.74, 6) is 2.30. The molecule has 2 aromatic carbocycles. The Balaban J connectivity index is 1.57. The maximum atomic E-state index is 10.8. The fraction of sp³-hybridized carbons (Fsp3) is 0.538. The number of hydrogen-bond donors (Lipinski definition) is 3. The molecule has 0 amide bonds. The third kappa shape index (κ3) is 6.83. The lowest BCUT2D eigenvalue weighted by atomic mass is 9.97. The predicted molar refractivity (Wildman–Crippen MR) is 124 cm³/mol. The third-order valence-corrected chi connectivity index (χ3v) is 6.10. The van der Waals surface area contributed by atoms with Crippen LogP contribution in [0.2, 0.25) is 0 Å². The van der Waals surface area contributed by atoms with Crippen LogP contribution in [-0.2, 0) is 12.8 Å². The van der Waals surface area contributed by atoms with E-state index in [2.05, 4.69) is 37.4 Å². The zero-order valence-corrected chi connectivity index (χ0v) is 18.6. The summed E-state index contributed by atoms with van der Waals surface area (Å²) in [6, 6.07) is 16.5. The molecule has 4 N–H and O–H groups in total. The monoisotopic (exact) mass is 410 g/mol. The molecule has 0 spiro atoms. The third-order valence-electron chi connectivity index (χ3n) is 6.10. The summed E-state index contributed by atoms with van der Waals surface area (Å²) >= 11 is 0. The van der Waals surface area contributed by atoms with Gasteiger partial charge >= 0.3 is 0 Å². The van der Waals surface area contributed by atoms with Crippen molar-refractivity contribution in [2.75, 3.05) is 13.1 Å². The van der Waals surface area contributed by atoms with Crippen LogP contribution in [0.4, 0.5) is 0 Å². The van der Waals surface area contributed by atoms with E-state index in [1.165, 1.54) is 30.4 Å². The lowest BCUT2D eigenvalue weighted by Crippen LogP contribution is -2.45. The Kier molecular flexibility index (Phi) is 8.32. The van der Waals surface area contributed by atoms with Gasteiger partial charge in [-0.15, -0.1) is 0 Å². The summed E-state index contributed by atoms with van der Waals surface area (Å²) in [5.41, 5.74) is 7.52. The van der Waals surface area contributed by atoms with Gasteiger partial charge in [0.15, 0.2) is 0 Å². The van der Waals surface area contributed by atoms with Crippen molar-refractivity contribution in [3.8, 4) is 11.5 Å². The summed E-state index contributed by atoms with van der Waals surface area (Å²) in [4.78, 5) is 0. The molecule has 1 aliphatic rings. The predicted octanol–water partition coefficient (Wildman–Crippen LogP) is 4.83. The molecule has 4 nitrogen and oxygen atoms in total. The molecular weight excluding hydrogens is 372 g/mol. The van der Waals surface area contributed by atoms with E-state index in [0.29, 0.717) is 12.5 Å². The van der Waals surface area contributed by atoms with Crippen molar-refractivity contribution in [2.45, 2.75) is 70.4 Å². The number of nitrogens with two attached hydrogens (primary N) is 1. The minimum atomic E-state index is -0.539. The summed E-state index contributed by atoms with van der Waals surface area (Å²) in [5, 5.41) is 14.4. The first-order valence-corrected chi connectivity index (χ1v) is 11.5. The first-order valence-electron chi connectivity index (χ1n) is 11.5. The Morgan fingerprint density at radius 1 is 1.10 bits per heavy atom. The van der Waals surface area contributed by atoms with Crippen LogP contribution in [0.1, 0.15) is 57.1 Å². The molecule has 0 aromatic heterocycles. The second-order valence-electron chi connectivity index (χ2n) is 8.95. The number of unbranched alkanes of at least 4 members (excludes halogenated alkanes) is 1. The molecule has 0 bridgehead atoms. The highest BCUT2D eigenvalue weighted by Gasteiger charge is 2.47. The molecule has 164 valence electrons. The van der Waals surface area contributed by atoms with Crippen LogP contribution < -0.4 is 15.8 Å². The Morgan fingerprint density at radius 2 is 1.87 bits per heavy atom. The van der Waals surface area contributed by atoms with Crippen molar-refractivity contribution < 1.29 is 9.84 Å². The van der Waals surface area contributed by atoms with E-state index >= 15 is 0 Å². The molecule has 2 atom stereocenters. The molecule has 1 saturated carbocycles. The van der Waals surface area contributed by atoms with E-state index < -0.39 is 5.60 Å². The summed E-state index contributed by atoms with van der Waals surface area (Å²) in [6.07, 6.45) is 7.24. The van der Waals surface area contributed by atoms with Crippen molar-refractivity contribution >= 4 is 0 Å². The van der Waals surface area contributed by atoms with E-state index in [9.17, 15) is 5.11 Å². The highest BCUT2D eigenvalue weighted by molar-refractivity contribution is 5.35. The number of benzene rings is 2. The maximum absolute atomic E-state index is 10.8. The summed E-state index contributed by atoms with van der Waals surface area (Å²) in [6.45, 7) is 6.13. The van der Waals surface area contributed by atoms with E-state index in [0.717, 1.165) is 43.7 Å². The molecule has 1 unspecified atom stereocenters. The van der Waals surface area contributed by atoms with Gasteiger partial charge in [-0.3, -0.25) is 0 Å². The van der Waals surface area contributed by atoms with Crippen molar-refractivity contribution in [1.29, 1.82) is 0 Å². The fourth-order valence-corrected chi connectivity index (χ4v) is 3.92. The molecule has 1 aliphatic carbocycles. The normalized spacial score (nSPS) is 16.8. The highest BCUT2D eigenvalue weighted by atomic mass is 16.5. The number of aliphatic hydroxyl groups is 1. The Labute approximate surface area is 181 Å². The average Bonchev–Trinajstić information content (AvgIpc) is 3.49. The second-order valence-corrected chi connectivity index (χ2v) is 8.95. The van der Waals surface area contributed by atoms with Crippen LogP contribution in [-0.4, -0.2) is 29.8 Å². The molecule has 0 aliphatic heterocycles. The molecule has 0 radical (unpaired) electrons. The Bertz CT molecular complexity index is 771. The van der Waals surface area contributed by atoms with Gasteiger partial charge in [-0.05, 0) is 86.5 Å². The Morgan fingerprint density at radius 3 is 2.53 bits per heavy atom. The van der Waals surface area contributed by atoms with Crippen LogP contribution in [0.5, 0.6) is 11.5 Å². The molecule has 30 heavy (non-hydrogen) atoms. The number of rotatable bonds is 13. The summed E-state index contributed by atoms with van der Waals surface area (Å²) < 4.78 is 6.02. The van der Waals surface area contributed by atoms with Gasteiger partial charge in [-0.25, -0.2) is 0 Å². The molecule has 1 fully saturated rings. The van der Waals surface area contributed by atoms with Crippen molar-refractivity contribution in [3.63, 3.8) is 0 Å². The topological polar surface area (TPSA) is 67.5 Å². The quantitative estimate of drug-likeness (QED) is 0.442. The number of hydrogen-bond acceptors (Lipinski definition) is 4. The van der Waals surface area contributed by atoms with Gasteiger partial charge < -0.3 is 20.9 Å². The van der Waals surface area contributed by atoms with Gasteiger partial charge in [0.25, 0.3) is 0 Å². The smallest absolute Gasteiger partial charge is 0.127 e. The standard InChI is InChI=1S/C26H38N2O2/c1-3-4-6-20(2)19-28-25(26(29)14-15-26)18-22-9-11-23(12-10-22)30-24-8-5-7-21(17-24)13-16-27/h5,7-12,17,20,25,28-29H,3-4,6,13-16,18-19,27H2,1-2H3/t20-,25?/m0/s1. The van der Waals surface area contributed by atoms with Crippen LogP contribution >= 0.6 is 0 Å². The van der Waals surface area contributed by atoms with E-state index in [1.54, 1.807) is 0 Å². The zero-order chi connectivity index (χ0) is 21.4.